The van der Waals surface area contributed by atoms with Gasteiger partial charge in [-0.3, -0.25) is 9.88 Å². The van der Waals surface area contributed by atoms with Crippen molar-refractivity contribution in [3.05, 3.63) is 42.1 Å². The molecule has 4 rings (SSSR count). The van der Waals surface area contributed by atoms with Crippen LogP contribution in [0.3, 0.4) is 0 Å². The Morgan fingerprint density at radius 1 is 1.23 bits per heavy atom. The Hall–Kier alpha value is -2.65. The van der Waals surface area contributed by atoms with Gasteiger partial charge < -0.3 is 13.8 Å². The maximum Gasteiger partial charge on any atom is 0.244 e. The normalized spacial score (nSPS) is 18.3. The van der Waals surface area contributed by atoms with Gasteiger partial charge in [0.15, 0.2) is 5.82 Å². The molecule has 1 atom stereocenters. The first-order chi connectivity index (χ1) is 12.8. The highest BCUT2D eigenvalue weighted by molar-refractivity contribution is 5.51. The van der Waals surface area contributed by atoms with E-state index in [2.05, 4.69) is 30.2 Å². The van der Waals surface area contributed by atoms with E-state index in [9.17, 15) is 0 Å². The zero-order valence-electron chi connectivity index (χ0n) is 14.5. The van der Waals surface area contributed by atoms with Crippen molar-refractivity contribution in [1.82, 2.24) is 30.2 Å². The molecule has 0 bridgehead atoms. The minimum atomic E-state index is 0.0515. The van der Waals surface area contributed by atoms with Gasteiger partial charge >= 0.3 is 0 Å². The number of aromatic nitrogens is 5. The fourth-order valence-electron chi connectivity index (χ4n) is 3.16. The molecular weight excluding hydrogens is 336 g/mol. The summed E-state index contributed by atoms with van der Waals surface area (Å²) in [6.07, 6.45) is 6.62. The number of methoxy groups -OCH3 is 1. The van der Waals surface area contributed by atoms with Gasteiger partial charge in [0.1, 0.15) is 6.61 Å². The van der Waals surface area contributed by atoms with Crippen LogP contribution in [0, 0.1) is 0 Å². The van der Waals surface area contributed by atoms with Crippen molar-refractivity contribution in [3.8, 4) is 11.4 Å². The molecule has 0 aromatic carbocycles. The zero-order chi connectivity index (χ0) is 17.8. The molecule has 9 nitrogen and oxygen atoms in total. The molecule has 3 aromatic heterocycles. The first kappa shape index (κ1) is 16.8. The third-order valence-corrected chi connectivity index (χ3v) is 4.38. The van der Waals surface area contributed by atoms with Crippen LogP contribution in [-0.2, 0) is 17.9 Å². The van der Waals surface area contributed by atoms with Crippen LogP contribution in [0.2, 0.25) is 0 Å². The summed E-state index contributed by atoms with van der Waals surface area (Å²) in [6.45, 7) is 1.80. The molecule has 3 aromatic rings. The highest BCUT2D eigenvalue weighted by Gasteiger charge is 2.30. The van der Waals surface area contributed by atoms with Gasteiger partial charge in [0, 0.05) is 25.1 Å². The van der Waals surface area contributed by atoms with Crippen LogP contribution in [0.1, 0.15) is 42.9 Å². The van der Waals surface area contributed by atoms with E-state index in [1.807, 2.05) is 12.1 Å². The predicted molar refractivity (Wildman–Crippen MR) is 89.5 cm³/mol. The summed E-state index contributed by atoms with van der Waals surface area (Å²) in [5.74, 6) is 2.28. The topological polar surface area (TPSA) is 103 Å². The standard InChI is InChI=1S/C17H20N6O3/c1-24-11-14-19-17(26-21-14)13-6-2-3-8-23(13)10-15-20-16(22-25-15)12-5-4-7-18-9-12/h4-5,7,9,13H,2-3,6,8,10-11H2,1H3/t13-/m0/s1. The molecule has 0 spiro atoms. The maximum atomic E-state index is 5.44. The van der Waals surface area contributed by atoms with Gasteiger partial charge in [-0.2, -0.15) is 9.97 Å². The van der Waals surface area contributed by atoms with Crippen molar-refractivity contribution in [2.45, 2.75) is 38.5 Å². The largest absolute Gasteiger partial charge is 0.377 e. The summed E-state index contributed by atoms with van der Waals surface area (Å²) in [5, 5.41) is 8.03. The van der Waals surface area contributed by atoms with Gasteiger partial charge in [0.2, 0.25) is 17.6 Å². The average molecular weight is 356 g/mol. The molecule has 1 saturated heterocycles. The Balaban J connectivity index is 1.49. The number of hydrogen-bond acceptors (Lipinski definition) is 9. The summed E-state index contributed by atoms with van der Waals surface area (Å²) in [4.78, 5) is 15.3. The highest BCUT2D eigenvalue weighted by Crippen LogP contribution is 2.31. The van der Waals surface area contributed by atoms with Crippen LogP contribution < -0.4 is 0 Å². The third-order valence-electron chi connectivity index (χ3n) is 4.38. The van der Waals surface area contributed by atoms with E-state index in [0.29, 0.717) is 36.6 Å². The molecule has 0 saturated carbocycles. The van der Waals surface area contributed by atoms with Gasteiger partial charge in [-0.15, -0.1) is 0 Å². The minimum Gasteiger partial charge on any atom is -0.377 e. The molecule has 0 aliphatic carbocycles. The minimum absolute atomic E-state index is 0.0515. The Morgan fingerprint density at radius 3 is 3.04 bits per heavy atom. The highest BCUT2D eigenvalue weighted by atomic mass is 16.5. The lowest BCUT2D eigenvalue weighted by atomic mass is 10.0. The Kier molecular flexibility index (Phi) is 4.98. The van der Waals surface area contributed by atoms with Crippen molar-refractivity contribution in [1.29, 1.82) is 0 Å². The van der Waals surface area contributed by atoms with Gasteiger partial charge in [0.05, 0.1) is 12.6 Å². The quantitative estimate of drug-likeness (QED) is 0.658. The van der Waals surface area contributed by atoms with Gasteiger partial charge in [-0.1, -0.05) is 16.7 Å². The molecule has 0 radical (unpaired) electrons. The van der Waals surface area contributed by atoms with Gasteiger partial charge in [-0.05, 0) is 31.5 Å². The number of likely N-dealkylation sites (tertiary alicyclic amines) is 1. The average Bonchev–Trinajstić information content (AvgIpc) is 3.33. The summed E-state index contributed by atoms with van der Waals surface area (Å²) < 4.78 is 15.9. The summed E-state index contributed by atoms with van der Waals surface area (Å²) in [5.41, 5.74) is 0.832. The summed E-state index contributed by atoms with van der Waals surface area (Å²) >= 11 is 0. The van der Waals surface area contributed by atoms with Crippen molar-refractivity contribution >= 4 is 0 Å². The molecule has 0 amide bonds. The van der Waals surface area contributed by atoms with Crippen LogP contribution in [0.5, 0.6) is 0 Å². The molecule has 1 aliphatic rings. The molecule has 1 aliphatic heterocycles. The first-order valence-electron chi connectivity index (χ1n) is 8.62. The van der Waals surface area contributed by atoms with E-state index in [4.69, 9.17) is 13.8 Å². The molecule has 0 N–H and O–H groups in total. The monoisotopic (exact) mass is 356 g/mol. The smallest absolute Gasteiger partial charge is 0.244 e. The van der Waals surface area contributed by atoms with Crippen LogP contribution in [0.25, 0.3) is 11.4 Å². The Labute approximate surface area is 150 Å². The second-order valence-corrected chi connectivity index (χ2v) is 6.22. The van der Waals surface area contributed by atoms with Crippen molar-refractivity contribution in [3.63, 3.8) is 0 Å². The molecule has 0 unspecified atom stereocenters. The van der Waals surface area contributed by atoms with Gasteiger partial charge in [-0.25, -0.2) is 0 Å². The number of piperidine rings is 1. The predicted octanol–water partition coefficient (Wildman–Crippen LogP) is 2.39. The fraction of sp³-hybridized carbons (Fsp3) is 0.471. The van der Waals surface area contributed by atoms with E-state index in [-0.39, 0.29) is 6.04 Å². The molecule has 1 fully saturated rings. The van der Waals surface area contributed by atoms with Crippen LogP contribution in [0.15, 0.2) is 33.6 Å². The lowest BCUT2D eigenvalue weighted by Crippen LogP contribution is -2.33. The van der Waals surface area contributed by atoms with Gasteiger partial charge in [0.25, 0.3) is 0 Å². The molecule has 4 heterocycles. The molecular formula is C17H20N6O3. The number of ether oxygens (including phenoxy) is 1. The Morgan fingerprint density at radius 2 is 2.19 bits per heavy atom. The zero-order valence-corrected chi connectivity index (χ0v) is 14.5. The molecule has 26 heavy (non-hydrogen) atoms. The lowest BCUT2D eigenvalue weighted by molar-refractivity contribution is 0.0985. The van der Waals surface area contributed by atoms with Crippen LogP contribution >= 0.6 is 0 Å². The number of pyridine rings is 1. The van der Waals surface area contributed by atoms with E-state index < -0.39 is 0 Å². The van der Waals surface area contributed by atoms with E-state index in [1.165, 1.54) is 0 Å². The second kappa shape index (κ2) is 7.71. The summed E-state index contributed by atoms with van der Waals surface area (Å²) in [7, 11) is 1.61. The van der Waals surface area contributed by atoms with E-state index in [0.717, 1.165) is 31.4 Å². The third kappa shape index (κ3) is 3.63. The number of nitrogens with zero attached hydrogens (tertiary/aromatic N) is 6. The second-order valence-electron chi connectivity index (χ2n) is 6.22. The lowest BCUT2D eigenvalue weighted by Gasteiger charge is -2.31. The SMILES string of the molecule is COCc1noc([C@@H]2CCCCN2Cc2nc(-c3cccnc3)no2)n1. The first-order valence-corrected chi connectivity index (χ1v) is 8.62. The molecule has 136 valence electrons. The van der Waals surface area contributed by atoms with E-state index in [1.54, 1.807) is 19.5 Å². The maximum absolute atomic E-state index is 5.44. The Bertz CT molecular complexity index is 834. The number of rotatable bonds is 6. The summed E-state index contributed by atoms with van der Waals surface area (Å²) in [6, 6.07) is 3.80. The number of hydrogen-bond donors (Lipinski definition) is 0. The van der Waals surface area contributed by atoms with Crippen molar-refractivity contribution in [2.24, 2.45) is 0 Å². The molecule has 9 heteroatoms. The van der Waals surface area contributed by atoms with Crippen LogP contribution in [-0.4, -0.2) is 43.8 Å². The van der Waals surface area contributed by atoms with Crippen molar-refractivity contribution < 1.29 is 13.8 Å². The van der Waals surface area contributed by atoms with Crippen molar-refractivity contribution in [2.75, 3.05) is 13.7 Å². The van der Waals surface area contributed by atoms with Crippen LogP contribution in [0.4, 0.5) is 0 Å². The fourth-order valence-corrected chi connectivity index (χ4v) is 3.16. The van der Waals surface area contributed by atoms with E-state index >= 15 is 0 Å².